The van der Waals surface area contributed by atoms with Crippen molar-refractivity contribution < 1.29 is 4.79 Å². The summed E-state index contributed by atoms with van der Waals surface area (Å²) >= 11 is 0. The molecule has 1 amide bonds. The minimum Gasteiger partial charge on any atom is -0.344 e. The first-order valence-corrected chi connectivity index (χ1v) is 10.1. The molecule has 27 heavy (non-hydrogen) atoms. The van der Waals surface area contributed by atoms with Crippen molar-refractivity contribution in [2.45, 2.75) is 31.7 Å². The first-order chi connectivity index (χ1) is 13.2. The van der Waals surface area contributed by atoms with Crippen LogP contribution in [0.1, 0.15) is 36.0 Å². The van der Waals surface area contributed by atoms with E-state index < -0.39 is 0 Å². The lowest BCUT2D eigenvalue weighted by Crippen LogP contribution is -2.46. The zero-order valence-electron chi connectivity index (χ0n) is 16.2. The van der Waals surface area contributed by atoms with Gasteiger partial charge in [0.15, 0.2) is 0 Å². The summed E-state index contributed by atoms with van der Waals surface area (Å²) in [4.78, 5) is 20.0. The lowest BCUT2D eigenvalue weighted by atomic mass is 10.0. The van der Waals surface area contributed by atoms with Crippen LogP contribution in [0, 0.1) is 0 Å². The van der Waals surface area contributed by atoms with Gasteiger partial charge in [-0.1, -0.05) is 30.3 Å². The Hall–Kier alpha value is -2.33. The van der Waals surface area contributed by atoms with Gasteiger partial charge >= 0.3 is 0 Å². The number of likely N-dealkylation sites (tertiary alicyclic amines) is 2. The number of carbonyl (C=O) groups is 1. The number of amides is 1. The number of hydrogen-bond acceptors (Lipinski definition) is 3. The van der Waals surface area contributed by atoms with E-state index >= 15 is 0 Å². The van der Waals surface area contributed by atoms with Gasteiger partial charge in [0.1, 0.15) is 0 Å². The maximum atomic E-state index is 13.3. The number of carbonyl (C=O) groups excluding carboxylic acids is 1. The van der Waals surface area contributed by atoms with Crippen LogP contribution in [-0.4, -0.2) is 55.0 Å². The molecule has 142 valence electrons. The van der Waals surface area contributed by atoms with Crippen molar-refractivity contribution in [3.05, 3.63) is 60.2 Å². The van der Waals surface area contributed by atoms with E-state index in [1.807, 2.05) is 54.4 Å². The molecule has 0 atom stereocenters. The molecule has 4 nitrogen and oxygen atoms in total. The molecule has 0 N–H and O–H groups in total. The van der Waals surface area contributed by atoms with Gasteiger partial charge in [0, 0.05) is 31.9 Å². The van der Waals surface area contributed by atoms with Gasteiger partial charge in [0.2, 0.25) is 0 Å². The van der Waals surface area contributed by atoms with E-state index in [-0.39, 0.29) is 5.91 Å². The van der Waals surface area contributed by atoms with E-state index in [1.54, 1.807) is 0 Å². The molecule has 0 aromatic heterocycles. The molecule has 2 aromatic rings. The molecule has 4 heteroatoms. The molecule has 0 spiro atoms. The number of hydrogen-bond donors (Lipinski definition) is 0. The summed E-state index contributed by atoms with van der Waals surface area (Å²) in [5.74, 6) is 0.160. The average Bonchev–Trinajstić information content (AvgIpc) is 3.28. The Balaban J connectivity index is 1.48. The van der Waals surface area contributed by atoms with Gasteiger partial charge < -0.3 is 14.7 Å². The van der Waals surface area contributed by atoms with Crippen molar-refractivity contribution in [1.29, 1.82) is 0 Å². The normalized spacial score (nSPS) is 18.6. The molecule has 2 heterocycles. The quantitative estimate of drug-likeness (QED) is 0.816. The van der Waals surface area contributed by atoms with Gasteiger partial charge in [-0.25, -0.2) is 0 Å². The number of rotatable bonds is 4. The summed E-state index contributed by atoms with van der Waals surface area (Å²) < 4.78 is 0. The van der Waals surface area contributed by atoms with Crippen molar-refractivity contribution in [2.75, 3.05) is 38.1 Å². The van der Waals surface area contributed by atoms with Crippen LogP contribution in [0.2, 0.25) is 0 Å². The second kappa shape index (κ2) is 8.13. The van der Waals surface area contributed by atoms with Crippen molar-refractivity contribution >= 4 is 17.3 Å². The van der Waals surface area contributed by atoms with E-state index in [2.05, 4.69) is 21.9 Å². The Bertz CT molecular complexity index is 762. The molecule has 2 aliphatic heterocycles. The molecule has 0 aliphatic carbocycles. The van der Waals surface area contributed by atoms with Gasteiger partial charge in [-0.05, 0) is 63.0 Å². The van der Waals surface area contributed by atoms with Crippen LogP contribution in [0.5, 0.6) is 0 Å². The molecule has 2 aliphatic rings. The first kappa shape index (κ1) is 18.1. The van der Waals surface area contributed by atoms with E-state index in [4.69, 9.17) is 0 Å². The summed E-state index contributed by atoms with van der Waals surface area (Å²) in [5, 5.41) is 0. The van der Waals surface area contributed by atoms with Crippen LogP contribution in [0.3, 0.4) is 0 Å². The monoisotopic (exact) mass is 363 g/mol. The predicted octanol–water partition coefficient (Wildman–Crippen LogP) is 4.15. The van der Waals surface area contributed by atoms with Crippen molar-refractivity contribution in [3.8, 4) is 0 Å². The lowest BCUT2D eigenvalue weighted by molar-refractivity contribution is 0.0645. The van der Waals surface area contributed by atoms with Gasteiger partial charge in [0.25, 0.3) is 5.91 Å². The Labute approximate surface area is 162 Å². The summed E-state index contributed by atoms with van der Waals surface area (Å²) in [5.41, 5.74) is 2.85. The molecular formula is C23H29N3O. The van der Waals surface area contributed by atoms with Gasteiger partial charge in [-0.15, -0.1) is 0 Å². The van der Waals surface area contributed by atoms with Crippen molar-refractivity contribution in [2.24, 2.45) is 0 Å². The largest absolute Gasteiger partial charge is 0.344 e. The fourth-order valence-corrected chi connectivity index (χ4v) is 4.45. The van der Waals surface area contributed by atoms with Crippen LogP contribution in [0.4, 0.5) is 11.4 Å². The highest BCUT2D eigenvalue weighted by atomic mass is 16.2. The summed E-state index contributed by atoms with van der Waals surface area (Å²) in [7, 11) is 2.03. The molecule has 2 aromatic carbocycles. The molecule has 0 radical (unpaired) electrons. The fourth-order valence-electron chi connectivity index (χ4n) is 4.45. The highest BCUT2D eigenvalue weighted by Gasteiger charge is 2.29. The summed E-state index contributed by atoms with van der Waals surface area (Å²) in [6, 6.07) is 18.8. The smallest absolute Gasteiger partial charge is 0.255 e. The SMILES string of the molecule is CN(c1ccccc1)c1ccccc1C(=O)N1CCC(N2CCCC2)CC1. The molecule has 2 fully saturated rings. The maximum Gasteiger partial charge on any atom is 0.255 e. The Morgan fingerprint density at radius 2 is 1.52 bits per heavy atom. The Kier molecular flexibility index (Phi) is 5.44. The van der Waals surface area contributed by atoms with E-state index in [9.17, 15) is 4.79 Å². The standard InChI is InChI=1S/C23H29N3O/c1-24(19-9-3-2-4-10-19)22-12-6-5-11-21(22)23(27)26-17-13-20(14-18-26)25-15-7-8-16-25/h2-6,9-12,20H,7-8,13-18H2,1H3. The molecular weight excluding hydrogens is 334 g/mol. The Morgan fingerprint density at radius 1 is 0.889 bits per heavy atom. The highest BCUT2D eigenvalue weighted by molar-refractivity contribution is 6.00. The third kappa shape index (κ3) is 3.86. The molecule has 0 saturated carbocycles. The van der Waals surface area contributed by atoms with Crippen LogP contribution in [-0.2, 0) is 0 Å². The highest BCUT2D eigenvalue weighted by Crippen LogP contribution is 2.29. The van der Waals surface area contributed by atoms with E-state index in [1.165, 1.54) is 25.9 Å². The zero-order valence-corrected chi connectivity index (χ0v) is 16.2. The number of piperidine rings is 1. The molecule has 0 bridgehead atoms. The third-order valence-electron chi connectivity index (χ3n) is 6.05. The molecule has 0 unspecified atom stereocenters. The second-order valence-corrected chi connectivity index (χ2v) is 7.68. The fraction of sp³-hybridized carbons (Fsp3) is 0.435. The number of benzene rings is 2. The molecule has 2 saturated heterocycles. The topological polar surface area (TPSA) is 26.8 Å². The third-order valence-corrected chi connectivity index (χ3v) is 6.05. The number of nitrogens with zero attached hydrogens (tertiary/aromatic N) is 3. The second-order valence-electron chi connectivity index (χ2n) is 7.68. The van der Waals surface area contributed by atoms with E-state index in [0.29, 0.717) is 6.04 Å². The first-order valence-electron chi connectivity index (χ1n) is 10.1. The average molecular weight is 364 g/mol. The summed E-state index contributed by atoms with van der Waals surface area (Å²) in [6.45, 7) is 4.21. The van der Waals surface area contributed by atoms with E-state index in [0.717, 1.165) is 42.9 Å². The number of anilines is 2. The minimum atomic E-state index is 0.160. The van der Waals surface area contributed by atoms with Crippen molar-refractivity contribution in [1.82, 2.24) is 9.80 Å². The van der Waals surface area contributed by atoms with Crippen molar-refractivity contribution in [3.63, 3.8) is 0 Å². The number of para-hydroxylation sites is 2. The predicted molar refractivity (Wildman–Crippen MR) is 111 cm³/mol. The minimum absolute atomic E-state index is 0.160. The molecule has 4 rings (SSSR count). The van der Waals surface area contributed by atoms with Crippen LogP contribution < -0.4 is 4.90 Å². The lowest BCUT2D eigenvalue weighted by Gasteiger charge is -2.37. The Morgan fingerprint density at radius 3 is 2.22 bits per heavy atom. The zero-order chi connectivity index (χ0) is 18.6. The van der Waals surface area contributed by atoms with Gasteiger partial charge in [0.05, 0.1) is 11.3 Å². The summed E-state index contributed by atoms with van der Waals surface area (Å²) in [6.07, 6.45) is 4.86. The van der Waals surface area contributed by atoms with Gasteiger partial charge in [-0.3, -0.25) is 4.79 Å². The van der Waals surface area contributed by atoms with Crippen LogP contribution >= 0.6 is 0 Å². The maximum absolute atomic E-state index is 13.3. The van der Waals surface area contributed by atoms with Crippen LogP contribution in [0.15, 0.2) is 54.6 Å². The van der Waals surface area contributed by atoms with Crippen LogP contribution in [0.25, 0.3) is 0 Å². The van der Waals surface area contributed by atoms with Gasteiger partial charge in [-0.2, -0.15) is 0 Å².